The summed E-state index contributed by atoms with van der Waals surface area (Å²) in [6.07, 6.45) is 0. The van der Waals surface area contributed by atoms with E-state index < -0.39 is 0 Å². The van der Waals surface area contributed by atoms with Crippen LogP contribution in [0.3, 0.4) is 0 Å². The molecule has 0 aromatic heterocycles. The number of benzene rings is 4. The highest BCUT2D eigenvalue weighted by Crippen LogP contribution is 2.27. The molecule has 0 saturated heterocycles. The van der Waals surface area contributed by atoms with Crippen molar-refractivity contribution in [1.82, 2.24) is 0 Å². The van der Waals surface area contributed by atoms with Crippen molar-refractivity contribution in [1.29, 1.82) is 0 Å². The molecule has 4 aromatic rings. The van der Waals surface area contributed by atoms with Crippen LogP contribution < -0.4 is 20.1 Å². The van der Waals surface area contributed by atoms with E-state index in [1.807, 2.05) is 36.4 Å². The average molecular weight is 423 g/mol. The summed E-state index contributed by atoms with van der Waals surface area (Å²) in [5.41, 5.74) is 6.65. The molecule has 32 heavy (non-hydrogen) atoms. The molecule has 2 N–H and O–H groups in total. The number of ether oxygens (including phenoxy) is 2. The molecule has 4 aromatic carbocycles. The molecule has 4 nitrogen and oxygen atoms in total. The van der Waals surface area contributed by atoms with E-state index in [0.29, 0.717) is 13.2 Å². The number of nitrogens with one attached hydrogen (secondary N) is 2. The normalized spacial score (nSPS) is 13.5. The van der Waals surface area contributed by atoms with Crippen LogP contribution in [0.4, 0.5) is 11.4 Å². The molecule has 5 rings (SSSR count). The second-order valence-corrected chi connectivity index (χ2v) is 7.92. The molecule has 0 spiro atoms. The molecular formula is C28H26N2O2. The van der Waals surface area contributed by atoms with E-state index in [4.69, 9.17) is 9.47 Å². The summed E-state index contributed by atoms with van der Waals surface area (Å²) >= 11 is 0. The van der Waals surface area contributed by atoms with Crippen LogP contribution in [0.5, 0.6) is 11.5 Å². The summed E-state index contributed by atoms with van der Waals surface area (Å²) in [5.74, 6) is 1.70. The minimum Gasteiger partial charge on any atom is -0.487 e. The van der Waals surface area contributed by atoms with Crippen LogP contribution in [0.2, 0.25) is 0 Å². The van der Waals surface area contributed by atoms with Gasteiger partial charge < -0.3 is 20.1 Å². The van der Waals surface area contributed by atoms with Gasteiger partial charge in [-0.05, 0) is 52.6 Å². The molecule has 0 amide bonds. The quantitative estimate of drug-likeness (QED) is 0.345. The molecule has 1 aliphatic rings. The van der Waals surface area contributed by atoms with Crippen LogP contribution in [-0.2, 0) is 26.3 Å². The molecule has 0 unspecified atom stereocenters. The Morgan fingerprint density at radius 1 is 0.469 bits per heavy atom. The first-order chi connectivity index (χ1) is 15.8. The Labute approximate surface area is 188 Å². The van der Waals surface area contributed by atoms with Crippen molar-refractivity contribution in [2.45, 2.75) is 26.3 Å². The summed E-state index contributed by atoms with van der Waals surface area (Å²) in [4.78, 5) is 0. The summed E-state index contributed by atoms with van der Waals surface area (Å²) in [5, 5.41) is 7.07. The maximum absolute atomic E-state index is 6.17. The fourth-order valence-corrected chi connectivity index (χ4v) is 3.85. The highest BCUT2D eigenvalue weighted by Gasteiger charge is 2.08. The SMILES string of the molecule is c1cc2cc(c1)CNc1ccccc1OCc1cccc(c1)COc1ccccc1NC2. The second-order valence-electron chi connectivity index (χ2n) is 7.92. The van der Waals surface area contributed by atoms with E-state index in [2.05, 4.69) is 71.3 Å². The topological polar surface area (TPSA) is 42.5 Å². The van der Waals surface area contributed by atoms with Crippen LogP contribution in [0.1, 0.15) is 22.3 Å². The van der Waals surface area contributed by atoms with Gasteiger partial charge in [0.05, 0.1) is 11.4 Å². The van der Waals surface area contributed by atoms with Crippen molar-refractivity contribution in [3.8, 4) is 11.5 Å². The minimum atomic E-state index is 0.500. The summed E-state index contributed by atoms with van der Waals surface area (Å²) in [7, 11) is 0. The number of rotatable bonds is 0. The molecule has 0 atom stereocenters. The molecule has 4 heteroatoms. The predicted molar refractivity (Wildman–Crippen MR) is 129 cm³/mol. The van der Waals surface area contributed by atoms with Crippen LogP contribution in [0, 0.1) is 0 Å². The van der Waals surface area contributed by atoms with Crippen LogP contribution >= 0.6 is 0 Å². The molecule has 0 radical (unpaired) electrons. The van der Waals surface area contributed by atoms with Gasteiger partial charge in [0.15, 0.2) is 0 Å². The highest BCUT2D eigenvalue weighted by molar-refractivity contribution is 5.57. The first-order valence-electron chi connectivity index (χ1n) is 10.9. The van der Waals surface area contributed by atoms with Gasteiger partial charge in [0.2, 0.25) is 0 Å². The number of para-hydroxylation sites is 4. The first-order valence-corrected chi connectivity index (χ1v) is 10.9. The first kappa shape index (κ1) is 20.0. The Bertz CT molecular complexity index is 1030. The van der Waals surface area contributed by atoms with Gasteiger partial charge in [-0.15, -0.1) is 0 Å². The second kappa shape index (κ2) is 9.48. The van der Waals surface area contributed by atoms with Crippen molar-refractivity contribution < 1.29 is 9.47 Å². The van der Waals surface area contributed by atoms with Gasteiger partial charge in [-0.1, -0.05) is 66.7 Å². The Morgan fingerprint density at radius 2 is 0.906 bits per heavy atom. The largest absolute Gasteiger partial charge is 0.487 e. The van der Waals surface area contributed by atoms with Crippen molar-refractivity contribution >= 4 is 11.4 Å². The fraction of sp³-hybridized carbons (Fsp3) is 0.143. The predicted octanol–water partition coefficient (Wildman–Crippen LogP) is 6.38. The van der Waals surface area contributed by atoms with Crippen molar-refractivity contribution in [3.63, 3.8) is 0 Å². The maximum Gasteiger partial charge on any atom is 0.142 e. The fourth-order valence-electron chi connectivity index (χ4n) is 3.85. The summed E-state index contributed by atoms with van der Waals surface area (Å²) < 4.78 is 12.3. The molecule has 1 aliphatic heterocycles. The van der Waals surface area contributed by atoms with E-state index in [0.717, 1.165) is 47.1 Å². The zero-order valence-corrected chi connectivity index (χ0v) is 17.9. The number of fused-ring (bicyclic) bond motifs is 6. The van der Waals surface area contributed by atoms with E-state index in [9.17, 15) is 0 Å². The molecule has 1 heterocycles. The Kier molecular flexibility index (Phi) is 5.93. The zero-order valence-electron chi connectivity index (χ0n) is 17.9. The van der Waals surface area contributed by atoms with Crippen molar-refractivity contribution in [3.05, 3.63) is 119 Å². The van der Waals surface area contributed by atoms with Gasteiger partial charge in [0.25, 0.3) is 0 Å². The van der Waals surface area contributed by atoms with Crippen molar-refractivity contribution in [2.75, 3.05) is 10.6 Å². The van der Waals surface area contributed by atoms with E-state index in [-0.39, 0.29) is 0 Å². The van der Waals surface area contributed by atoms with Gasteiger partial charge in [-0.25, -0.2) is 0 Å². The lowest BCUT2D eigenvalue weighted by atomic mass is 10.1. The standard InChI is InChI=1S/C28H26N2O2/c1-3-13-27-25(11-1)29-17-21-7-5-8-22(15-21)18-30-26-12-2-4-14-28(26)32-20-24-10-6-9-23(16-24)19-31-27/h1-16,29-30H,17-20H2. The maximum atomic E-state index is 6.17. The number of hydrogen-bond donors (Lipinski definition) is 2. The third-order valence-corrected chi connectivity index (χ3v) is 5.51. The summed E-state index contributed by atoms with van der Waals surface area (Å²) in [6, 6.07) is 33.1. The third kappa shape index (κ3) is 4.86. The average Bonchev–Trinajstić information content (AvgIpc) is 2.85. The van der Waals surface area contributed by atoms with Gasteiger partial charge >= 0.3 is 0 Å². The lowest BCUT2D eigenvalue weighted by Gasteiger charge is -2.16. The third-order valence-electron chi connectivity index (χ3n) is 5.51. The lowest BCUT2D eigenvalue weighted by molar-refractivity contribution is 0.301. The molecule has 160 valence electrons. The zero-order chi connectivity index (χ0) is 21.6. The molecular weight excluding hydrogens is 396 g/mol. The minimum absolute atomic E-state index is 0.500. The highest BCUT2D eigenvalue weighted by atomic mass is 16.5. The van der Waals surface area contributed by atoms with Crippen LogP contribution in [-0.4, -0.2) is 0 Å². The van der Waals surface area contributed by atoms with E-state index >= 15 is 0 Å². The molecule has 0 saturated carbocycles. The van der Waals surface area contributed by atoms with Crippen molar-refractivity contribution in [2.24, 2.45) is 0 Å². The van der Waals surface area contributed by atoms with Gasteiger partial charge in [0.1, 0.15) is 24.7 Å². The van der Waals surface area contributed by atoms with Gasteiger partial charge in [-0.2, -0.15) is 0 Å². The Balaban J connectivity index is 1.46. The van der Waals surface area contributed by atoms with Gasteiger partial charge in [0, 0.05) is 13.1 Å². The summed E-state index contributed by atoms with van der Waals surface area (Å²) in [6.45, 7) is 2.45. The molecule has 0 fully saturated rings. The van der Waals surface area contributed by atoms with Crippen LogP contribution in [0.15, 0.2) is 97.1 Å². The van der Waals surface area contributed by atoms with Crippen LogP contribution in [0.25, 0.3) is 0 Å². The van der Waals surface area contributed by atoms with Gasteiger partial charge in [-0.3, -0.25) is 0 Å². The Hall–Kier alpha value is -3.92. The number of anilines is 2. The van der Waals surface area contributed by atoms with E-state index in [1.54, 1.807) is 0 Å². The lowest BCUT2D eigenvalue weighted by Crippen LogP contribution is -2.06. The smallest absolute Gasteiger partial charge is 0.142 e. The van der Waals surface area contributed by atoms with E-state index in [1.165, 1.54) is 11.1 Å². The Morgan fingerprint density at radius 3 is 1.44 bits per heavy atom. The monoisotopic (exact) mass is 422 g/mol. The molecule has 0 aliphatic carbocycles. The number of hydrogen-bond acceptors (Lipinski definition) is 4. The molecule has 4 bridgehead atoms.